The first-order valence-electron chi connectivity index (χ1n) is 7.11. The van der Waals surface area contributed by atoms with E-state index in [0.717, 1.165) is 5.76 Å². The third kappa shape index (κ3) is 5.04. The first kappa shape index (κ1) is 16.4. The van der Waals surface area contributed by atoms with Crippen molar-refractivity contribution in [1.82, 2.24) is 0 Å². The average Bonchev–Trinajstić information content (AvgIpc) is 3.06. The van der Waals surface area contributed by atoms with Crippen molar-refractivity contribution in [1.29, 1.82) is 0 Å². The van der Waals surface area contributed by atoms with Crippen LogP contribution in [-0.2, 0) is 0 Å². The van der Waals surface area contributed by atoms with Crippen LogP contribution in [0.3, 0.4) is 0 Å². The fourth-order valence-electron chi connectivity index (χ4n) is 1.79. The Morgan fingerprint density at radius 3 is 2.26 bits per heavy atom. The zero-order chi connectivity index (χ0) is 16.5. The second-order valence-electron chi connectivity index (χ2n) is 4.63. The maximum atomic E-state index is 11.6. The van der Waals surface area contributed by atoms with E-state index in [9.17, 15) is 4.79 Å². The van der Waals surface area contributed by atoms with E-state index in [0.29, 0.717) is 17.1 Å². The molecule has 0 saturated carbocycles. The molecule has 2 aromatic heterocycles. The average molecular weight is 310 g/mol. The fourth-order valence-corrected chi connectivity index (χ4v) is 1.79. The van der Waals surface area contributed by atoms with Gasteiger partial charge in [-0.15, -0.1) is 0 Å². The van der Waals surface area contributed by atoms with Gasteiger partial charge in [-0.05, 0) is 31.2 Å². The van der Waals surface area contributed by atoms with Gasteiger partial charge in [0.15, 0.2) is 0 Å². The molecule has 0 radical (unpaired) electrons. The number of allylic oxidation sites excluding steroid dienone is 6. The number of methoxy groups -OCH3 is 1. The summed E-state index contributed by atoms with van der Waals surface area (Å²) in [5.74, 6) is 1.78. The predicted octanol–water partition coefficient (Wildman–Crippen LogP) is 4.39. The van der Waals surface area contributed by atoms with E-state index in [1.54, 1.807) is 31.4 Å². The summed E-state index contributed by atoms with van der Waals surface area (Å²) in [5.41, 5.74) is 0.0717. The summed E-state index contributed by atoms with van der Waals surface area (Å²) < 4.78 is 15.4. The van der Waals surface area contributed by atoms with Crippen LogP contribution < -0.4 is 10.4 Å². The molecule has 0 aliphatic rings. The predicted molar refractivity (Wildman–Crippen MR) is 91.3 cm³/mol. The molecule has 0 atom stereocenters. The molecule has 0 aliphatic carbocycles. The third-order valence-corrected chi connectivity index (χ3v) is 3.00. The maximum Gasteiger partial charge on any atom is 0.342 e. The lowest BCUT2D eigenvalue weighted by molar-refractivity contribution is 0.395. The van der Waals surface area contributed by atoms with Crippen molar-refractivity contribution < 1.29 is 13.6 Å². The van der Waals surface area contributed by atoms with E-state index in [1.807, 2.05) is 48.6 Å². The van der Waals surface area contributed by atoms with Crippen LogP contribution in [0.4, 0.5) is 0 Å². The zero-order valence-corrected chi connectivity index (χ0v) is 13.1. The molecular weight excluding hydrogens is 292 g/mol. The van der Waals surface area contributed by atoms with Crippen molar-refractivity contribution in [3.8, 4) is 5.75 Å². The summed E-state index contributed by atoms with van der Waals surface area (Å²) >= 11 is 0. The largest absolute Gasteiger partial charge is 0.496 e. The molecule has 2 heterocycles. The van der Waals surface area contributed by atoms with Gasteiger partial charge in [0, 0.05) is 6.07 Å². The highest BCUT2D eigenvalue weighted by Gasteiger charge is 2.05. The van der Waals surface area contributed by atoms with Crippen LogP contribution in [0.15, 0.2) is 74.5 Å². The van der Waals surface area contributed by atoms with Crippen molar-refractivity contribution in [3.63, 3.8) is 0 Å². The number of hydrogen-bond donors (Lipinski definition) is 0. The Morgan fingerprint density at radius 2 is 1.65 bits per heavy atom. The smallest absolute Gasteiger partial charge is 0.342 e. The summed E-state index contributed by atoms with van der Waals surface area (Å²) in [4.78, 5) is 11.6. The Labute approximate surface area is 134 Å². The summed E-state index contributed by atoms with van der Waals surface area (Å²) in [7, 11) is 1.52. The van der Waals surface area contributed by atoms with E-state index in [4.69, 9.17) is 13.6 Å². The summed E-state index contributed by atoms with van der Waals surface area (Å²) in [5, 5.41) is 0. The molecule has 0 aromatic carbocycles. The number of ether oxygens (including phenoxy) is 1. The normalized spacial score (nSPS) is 12.3. The molecule has 4 nitrogen and oxygen atoms in total. The molecule has 0 spiro atoms. The highest BCUT2D eigenvalue weighted by molar-refractivity contribution is 5.49. The maximum absolute atomic E-state index is 11.6. The van der Waals surface area contributed by atoms with Gasteiger partial charge in [-0.2, -0.15) is 0 Å². The Bertz CT molecular complexity index is 787. The first-order valence-corrected chi connectivity index (χ1v) is 7.11. The number of hydrogen-bond acceptors (Lipinski definition) is 4. The summed E-state index contributed by atoms with van der Waals surface area (Å²) in [6.07, 6.45) is 16.4. The van der Waals surface area contributed by atoms with Gasteiger partial charge < -0.3 is 13.6 Å². The minimum atomic E-state index is -0.393. The molecule has 4 heteroatoms. The lowest BCUT2D eigenvalue weighted by atomic mass is 10.2. The van der Waals surface area contributed by atoms with Crippen molar-refractivity contribution >= 4 is 12.2 Å². The van der Waals surface area contributed by atoms with Gasteiger partial charge in [-0.1, -0.05) is 36.5 Å². The zero-order valence-electron chi connectivity index (χ0n) is 13.1. The monoisotopic (exact) mass is 310 g/mol. The highest BCUT2D eigenvalue weighted by atomic mass is 16.5. The highest BCUT2D eigenvalue weighted by Crippen LogP contribution is 2.16. The minimum Gasteiger partial charge on any atom is -0.496 e. The number of rotatable bonds is 6. The Morgan fingerprint density at radius 1 is 1.00 bits per heavy atom. The third-order valence-electron chi connectivity index (χ3n) is 3.00. The lowest BCUT2D eigenvalue weighted by Gasteiger charge is -2.02. The van der Waals surface area contributed by atoms with Crippen LogP contribution in [0.2, 0.25) is 0 Å². The topological polar surface area (TPSA) is 52.6 Å². The summed E-state index contributed by atoms with van der Waals surface area (Å²) in [6, 6.07) is 5.40. The SMILES string of the molecule is COc1cc(C=CC=CC=CC=Cc2ccco2)oc(=O)c1C. The molecule has 2 rings (SSSR count). The molecular formula is C19H18O4. The fraction of sp³-hybridized carbons (Fsp3) is 0.105. The van der Waals surface area contributed by atoms with Gasteiger partial charge in [0.2, 0.25) is 0 Å². The van der Waals surface area contributed by atoms with E-state index in [1.165, 1.54) is 7.11 Å². The quantitative estimate of drug-likeness (QED) is 0.743. The van der Waals surface area contributed by atoms with Gasteiger partial charge in [0.25, 0.3) is 0 Å². The minimum absolute atomic E-state index is 0.393. The Hall–Kier alpha value is -3.01. The molecule has 0 saturated heterocycles. The molecule has 23 heavy (non-hydrogen) atoms. The van der Waals surface area contributed by atoms with E-state index < -0.39 is 5.63 Å². The molecule has 0 amide bonds. The van der Waals surface area contributed by atoms with E-state index in [-0.39, 0.29) is 0 Å². The van der Waals surface area contributed by atoms with Crippen LogP contribution in [0.5, 0.6) is 5.75 Å². The standard InChI is InChI=1S/C19H18O4/c1-15-18(21-2)14-17(23-19(15)20)11-8-6-4-3-5-7-10-16-12-9-13-22-16/h3-14H,1-2H3. The van der Waals surface area contributed by atoms with Crippen molar-refractivity contribution in [2.24, 2.45) is 0 Å². The Balaban J connectivity index is 1.91. The van der Waals surface area contributed by atoms with Crippen LogP contribution in [0.1, 0.15) is 17.1 Å². The second-order valence-corrected chi connectivity index (χ2v) is 4.63. The molecule has 0 fully saturated rings. The van der Waals surface area contributed by atoms with Gasteiger partial charge in [-0.3, -0.25) is 0 Å². The van der Waals surface area contributed by atoms with Gasteiger partial charge in [0.05, 0.1) is 18.9 Å². The number of furan rings is 1. The molecule has 0 unspecified atom stereocenters. The van der Waals surface area contributed by atoms with E-state index in [2.05, 4.69) is 0 Å². The molecule has 118 valence electrons. The van der Waals surface area contributed by atoms with E-state index >= 15 is 0 Å². The molecule has 2 aromatic rings. The first-order chi connectivity index (χ1) is 11.2. The lowest BCUT2D eigenvalue weighted by Crippen LogP contribution is -2.05. The van der Waals surface area contributed by atoms with Gasteiger partial charge in [-0.25, -0.2) is 4.79 Å². The molecule has 0 bridgehead atoms. The van der Waals surface area contributed by atoms with Crippen LogP contribution in [0, 0.1) is 6.92 Å². The van der Waals surface area contributed by atoms with Gasteiger partial charge >= 0.3 is 5.63 Å². The molecule has 0 N–H and O–H groups in total. The second kappa shape index (κ2) is 8.44. The molecule has 0 aliphatic heterocycles. The van der Waals surface area contributed by atoms with Crippen molar-refractivity contribution in [2.45, 2.75) is 6.92 Å². The van der Waals surface area contributed by atoms with Crippen molar-refractivity contribution in [2.75, 3.05) is 7.11 Å². The van der Waals surface area contributed by atoms with Gasteiger partial charge in [0.1, 0.15) is 17.3 Å². The van der Waals surface area contributed by atoms with Crippen LogP contribution >= 0.6 is 0 Å². The van der Waals surface area contributed by atoms with Crippen molar-refractivity contribution in [3.05, 3.63) is 88.4 Å². The summed E-state index contributed by atoms with van der Waals surface area (Å²) in [6.45, 7) is 1.67. The van der Waals surface area contributed by atoms with Crippen LogP contribution in [-0.4, -0.2) is 7.11 Å². The Kier molecular flexibility index (Phi) is 6.00. The van der Waals surface area contributed by atoms with Crippen LogP contribution in [0.25, 0.3) is 12.2 Å².